The number of pyridine rings is 1. The highest BCUT2D eigenvalue weighted by atomic mass is 16.6. The van der Waals surface area contributed by atoms with Crippen LogP contribution in [0.2, 0.25) is 0 Å². The number of amides is 1. The Morgan fingerprint density at radius 2 is 2.08 bits per heavy atom. The lowest BCUT2D eigenvalue weighted by Gasteiger charge is -2.10. The topological polar surface area (TPSA) is 84.8 Å². The number of ether oxygens (including phenoxy) is 1. The van der Waals surface area contributed by atoms with Crippen molar-refractivity contribution in [2.45, 2.75) is 12.5 Å². The minimum Gasteiger partial charge on any atom is -0.497 e. The molecule has 0 spiro atoms. The highest BCUT2D eigenvalue weighted by Gasteiger charge is 2.23. The average molecular weight is 340 g/mol. The number of benzene rings is 1. The van der Waals surface area contributed by atoms with Crippen molar-refractivity contribution >= 4 is 17.4 Å². The van der Waals surface area contributed by atoms with Crippen molar-refractivity contribution in [3.8, 4) is 5.75 Å². The Morgan fingerprint density at radius 3 is 2.72 bits per heavy atom. The molecule has 25 heavy (non-hydrogen) atoms. The third kappa shape index (κ3) is 4.06. The summed E-state index contributed by atoms with van der Waals surface area (Å²) in [5.74, 6) is 1.33. The zero-order valence-electron chi connectivity index (χ0n) is 14.2. The van der Waals surface area contributed by atoms with E-state index in [0.29, 0.717) is 24.3 Å². The number of aromatic nitrogens is 1. The second kappa shape index (κ2) is 7.65. The van der Waals surface area contributed by atoms with E-state index in [0.717, 1.165) is 17.0 Å². The van der Waals surface area contributed by atoms with E-state index in [1.165, 1.54) is 6.20 Å². The van der Waals surface area contributed by atoms with Gasteiger partial charge in [0, 0.05) is 19.7 Å². The Balaban J connectivity index is 1.50. The van der Waals surface area contributed by atoms with Crippen LogP contribution in [0.15, 0.2) is 47.8 Å². The molecule has 0 aliphatic carbocycles. The second-order valence-electron chi connectivity index (χ2n) is 5.59. The van der Waals surface area contributed by atoms with Gasteiger partial charge in [0.05, 0.1) is 24.9 Å². The predicted molar refractivity (Wildman–Crippen MR) is 95.1 cm³/mol. The molecule has 0 radical (unpaired) electrons. The molecule has 2 aromatic rings. The Labute approximate surface area is 146 Å². The molecule has 1 atom stereocenters. The normalized spacial score (nSPS) is 15.9. The van der Waals surface area contributed by atoms with Crippen LogP contribution >= 0.6 is 0 Å². The van der Waals surface area contributed by atoms with Crippen molar-refractivity contribution in [1.29, 1.82) is 0 Å². The summed E-state index contributed by atoms with van der Waals surface area (Å²) in [5, 5.41) is 9.88. The lowest BCUT2D eigenvalue weighted by atomic mass is 10.0. The van der Waals surface area contributed by atoms with Crippen LogP contribution in [0.4, 0.5) is 5.82 Å². The fraction of sp³-hybridized carbons (Fsp3) is 0.278. The molecule has 7 nitrogen and oxygen atoms in total. The number of oxime groups is 1. The van der Waals surface area contributed by atoms with Crippen molar-refractivity contribution < 1.29 is 14.4 Å². The van der Waals surface area contributed by atoms with Crippen LogP contribution in [-0.4, -0.2) is 43.4 Å². The number of nitrogens with zero attached hydrogens (tertiary/aromatic N) is 2. The van der Waals surface area contributed by atoms with Gasteiger partial charge in [-0.05, 0) is 42.0 Å². The first-order valence-electron chi connectivity index (χ1n) is 7.98. The van der Waals surface area contributed by atoms with Crippen LogP contribution in [0, 0.1) is 0 Å². The summed E-state index contributed by atoms with van der Waals surface area (Å²) in [4.78, 5) is 21.7. The number of hydrogen-bond acceptors (Lipinski definition) is 6. The fourth-order valence-corrected chi connectivity index (χ4v) is 2.48. The van der Waals surface area contributed by atoms with Crippen LogP contribution < -0.4 is 15.4 Å². The summed E-state index contributed by atoms with van der Waals surface area (Å²) in [6.45, 7) is 0.385. The fourth-order valence-electron chi connectivity index (χ4n) is 2.48. The smallest absolute Gasteiger partial charge is 0.252 e. The maximum Gasteiger partial charge on any atom is 0.252 e. The summed E-state index contributed by atoms with van der Waals surface area (Å²) < 4.78 is 5.15. The molecule has 1 amide bonds. The van der Waals surface area contributed by atoms with Crippen molar-refractivity contribution in [3.63, 3.8) is 0 Å². The van der Waals surface area contributed by atoms with Gasteiger partial charge in [-0.3, -0.25) is 4.79 Å². The third-order valence-electron chi connectivity index (χ3n) is 3.93. The van der Waals surface area contributed by atoms with Crippen LogP contribution in [0.3, 0.4) is 0 Å². The van der Waals surface area contributed by atoms with E-state index in [1.54, 1.807) is 26.3 Å². The maximum absolute atomic E-state index is 12.1. The number of carbonyl (C=O) groups excluding carboxylic acids is 1. The van der Waals surface area contributed by atoms with E-state index in [1.807, 2.05) is 24.3 Å². The number of carbonyl (C=O) groups is 1. The van der Waals surface area contributed by atoms with Gasteiger partial charge in [-0.2, -0.15) is 0 Å². The van der Waals surface area contributed by atoms with E-state index in [2.05, 4.69) is 20.8 Å². The van der Waals surface area contributed by atoms with Crippen LogP contribution in [-0.2, 0) is 4.84 Å². The lowest BCUT2D eigenvalue weighted by molar-refractivity contribution is 0.0753. The molecule has 0 saturated heterocycles. The van der Waals surface area contributed by atoms with Crippen LogP contribution in [0.5, 0.6) is 5.75 Å². The molecule has 1 aliphatic heterocycles. The SMILES string of the molecule is CNc1ccc(C(=O)NC[C@@H]2CC(c3ccc(OC)cc3)=NO2)cn1. The predicted octanol–water partition coefficient (Wildman–Crippen LogP) is 2.05. The second-order valence-corrected chi connectivity index (χ2v) is 5.59. The zero-order chi connectivity index (χ0) is 17.6. The molecular weight excluding hydrogens is 320 g/mol. The van der Waals surface area contributed by atoms with Gasteiger partial charge in [0.25, 0.3) is 5.91 Å². The largest absolute Gasteiger partial charge is 0.497 e. The van der Waals surface area contributed by atoms with Gasteiger partial charge in [-0.15, -0.1) is 0 Å². The molecule has 7 heteroatoms. The Kier molecular flexibility index (Phi) is 5.13. The monoisotopic (exact) mass is 340 g/mol. The third-order valence-corrected chi connectivity index (χ3v) is 3.93. The van der Waals surface area contributed by atoms with Crippen LogP contribution in [0.25, 0.3) is 0 Å². The first kappa shape index (κ1) is 16.8. The summed E-state index contributed by atoms with van der Waals surface area (Å²) in [7, 11) is 3.41. The van der Waals surface area contributed by atoms with Crippen molar-refractivity contribution in [2.75, 3.05) is 26.0 Å². The highest BCUT2D eigenvalue weighted by Crippen LogP contribution is 2.19. The molecule has 1 aliphatic rings. The summed E-state index contributed by atoms with van der Waals surface area (Å²) in [5.41, 5.74) is 2.36. The highest BCUT2D eigenvalue weighted by molar-refractivity contribution is 6.01. The van der Waals surface area contributed by atoms with Gasteiger partial charge >= 0.3 is 0 Å². The average Bonchev–Trinajstić information content (AvgIpc) is 3.15. The molecule has 130 valence electrons. The summed E-state index contributed by atoms with van der Waals surface area (Å²) >= 11 is 0. The van der Waals surface area contributed by atoms with Crippen molar-refractivity contribution in [1.82, 2.24) is 10.3 Å². The molecule has 0 bridgehead atoms. The molecule has 1 aromatic carbocycles. The van der Waals surface area contributed by atoms with E-state index >= 15 is 0 Å². The molecule has 0 unspecified atom stereocenters. The molecular formula is C18H20N4O3. The minimum absolute atomic E-state index is 0.175. The number of nitrogens with one attached hydrogen (secondary N) is 2. The van der Waals surface area contributed by atoms with E-state index in [-0.39, 0.29) is 12.0 Å². The van der Waals surface area contributed by atoms with Gasteiger partial charge in [0.2, 0.25) is 0 Å². The van der Waals surface area contributed by atoms with Crippen molar-refractivity contribution in [2.24, 2.45) is 5.16 Å². The van der Waals surface area contributed by atoms with Gasteiger partial charge < -0.3 is 20.2 Å². The summed E-state index contributed by atoms with van der Waals surface area (Å²) in [6, 6.07) is 11.1. The van der Waals surface area contributed by atoms with Gasteiger partial charge in [0.15, 0.2) is 0 Å². The molecule has 3 rings (SSSR count). The Hall–Kier alpha value is -3.09. The van der Waals surface area contributed by atoms with E-state index in [4.69, 9.17) is 9.57 Å². The van der Waals surface area contributed by atoms with Gasteiger partial charge in [0.1, 0.15) is 17.7 Å². The van der Waals surface area contributed by atoms with Crippen molar-refractivity contribution in [3.05, 3.63) is 53.7 Å². The number of anilines is 1. The van der Waals surface area contributed by atoms with E-state index in [9.17, 15) is 4.79 Å². The zero-order valence-corrected chi connectivity index (χ0v) is 14.2. The number of methoxy groups -OCH3 is 1. The number of rotatable bonds is 6. The number of hydrogen-bond donors (Lipinski definition) is 2. The first-order valence-corrected chi connectivity index (χ1v) is 7.98. The maximum atomic E-state index is 12.1. The van der Waals surface area contributed by atoms with Gasteiger partial charge in [-0.1, -0.05) is 5.16 Å². The van der Waals surface area contributed by atoms with Crippen LogP contribution in [0.1, 0.15) is 22.3 Å². The van der Waals surface area contributed by atoms with Gasteiger partial charge in [-0.25, -0.2) is 4.98 Å². The first-order chi connectivity index (χ1) is 12.2. The molecule has 0 saturated carbocycles. The quantitative estimate of drug-likeness (QED) is 0.841. The standard InChI is InChI=1S/C18H20N4O3/c1-19-17-8-5-13(10-20-17)18(23)21-11-15-9-16(22-25-15)12-3-6-14(24-2)7-4-12/h3-8,10,15H,9,11H2,1-2H3,(H,19,20)(H,21,23)/t15-/m0/s1. The Bertz CT molecular complexity index is 757. The lowest BCUT2D eigenvalue weighted by Crippen LogP contribution is -2.32. The molecule has 2 heterocycles. The minimum atomic E-state index is -0.184. The molecule has 0 fully saturated rings. The van der Waals surface area contributed by atoms with E-state index < -0.39 is 0 Å². The summed E-state index contributed by atoms with van der Waals surface area (Å²) in [6.07, 6.45) is 2.00. The molecule has 2 N–H and O–H groups in total. The molecule has 1 aromatic heterocycles. The Morgan fingerprint density at radius 1 is 1.28 bits per heavy atom.